The summed E-state index contributed by atoms with van der Waals surface area (Å²) >= 11 is 0. The van der Waals surface area contributed by atoms with Crippen LogP contribution in [-0.4, -0.2) is 9.97 Å². The number of rotatable bonds is 8. The molecule has 3 aromatic heterocycles. The highest BCUT2D eigenvalue weighted by Crippen LogP contribution is 2.44. The molecule has 0 aliphatic rings. The van der Waals surface area contributed by atoms with Gasteiger partial charge in [0.05, 0.1) is 11.4 Å². The van der Waals surface area contributed by atoms with Gasteiger partial charge < -0.3 is 9.15 Å². The molecule has 0 fully saturated rings. The van der Waals surface area contributed by atoms with E-state index in [0.29, 0.717) is 44.3 Å². The molecular formula is C60H50N2O2. The van der Waals surface area contributed by atoms with Gasteiger partial charge in [0.25, 0.3) is 0 Å². The maximum atomic E-state index is 9.10. The summed E-state index contributed by atoms with van der Waals surface area (Å²) in [5.74, 6) is -0.0440. The highest BCUT2D eigenvalue weighted by molar-refractivity contribution is 6.11. The first-order valence-electron chi connectivity index (χ1n) is 27.0. The molecule has 4 nitrogen and oxygen atoms in total. The Morgan fingerprint density at radius 2 is 1.12 bits per heavy atom. The molecule has 0 N–H and O–H groups in total. The van der Waals surface area contributed by atoms with Crippen molar-refractivity contribution in [2.75, 3.05) is 0 Å². The average Bonchev–Trinajstić information content (AvgIpc) is 3.73. The summed E-state index contributed by atoms with van der Waals surface area (Å²) in [6, 6.07) is 44.5. The fourth-order valence-electron chi connectivity index (χ4n) is 8.59. The quantitative estimate of drug-likeness (QED) is 0.153. The molecular weight excluding hydrogens is 781 g/mol. The van der Waals surface area contributed by atoms with Crippen molar-refractivity contribution in [1.82, 2.24) is 9.97 Å². The third-order valence-electron chi connectivity index (χ3n) is 11.9. The standard InChI is InChI=1S/C60H50N2O2/c1-35-14-23-50(38(4)24-35)51-32-56(62-34-41(51)7)53-30-49(31-54-59-39(5)25-36(2)26-58(59)64-60(53)54)63-57-29-48(55-27-37(3)40(6)33-61-55)28-52(42(57)8)47-21-19-46(20-22-47)45-17-15-44(16-18-45)43-12-10-9-11-13-43/h9-34H,1-8H3/i3D3,5D3,6D3,8D3. The van der Waals surface area contributed by atoms with Gasteiger partial charge in [0.1, 0.15) is 22.7 Å². The van der Waals surface area contributed by atoms with E-state index < -0.39 is 38.5 Å². The second-order valence-corrected chi connectivity index (χ2v) is 16.5. The van der Waals surface area contributed by atoms with Crippen LogP contribution in [0.5, 0.6) is 11.5 Å². The van der Waals surface area contributed by atoms with Crippen LogP contribution in [0.3, 0.4) is 0 Å². The number of benzene rings is 7. The zero-order chi connectivity index (χ0) is 54.2. The Bertz CT molecular complexity index is 3870. The van der Waals surface area contributed by atoms with Gasteiger partial charge in [-0.1, -0.05) is 109 Å². The lowest BCUT2D eigenvalue weighted by atomic mass is 9.93. The minimum Gasteiger partial charge on any atom is -0.457 e. The van der Waals surface area contributed by atoms with E-state index in [2.05, 4.69) is 17.1 Å². The number of aromatic nitrogens is 2. The normalized spacial score (nSPS) is 15.0. The van der Waals surface area contributed by atoms with Gasteiger partial charge in [0.2, 0.25) is 0 Å². The van der Waals surface area contributed by atoms with Crippen molar-refractivity contribution in [2.24, 2.45) is 0 Å². The van der Waals surface area contributed by atoms with Gasteiger partial charge in [0.15, 0.2) is 0 Å². The van der Waals surface area contributed by atoms with Gasteiger partial charge in [-0.05, 0) is 181 Å². The molecule has 64 heavy (non-hydrogen) atoms. The van der Waals surface area contributed by atoms with Crippen LogP contribution in [0.4, 0.5) is 0 Å². The van der Waals surface area contributed by atoms with E-state index in [4.69, 9.17) is 30.6 Å². The minimum atomic E-state index is -2.86. The smallest absolute Gasteiger partial charge is 0.145 e. The van der Waals surface area contributed by atoms with Crippen LogP contribution in [0.1, 0.15) is 61.0 Å². The Morgan fingerprint density at radius 1 is 0.453 bits per heavy atom. The lowest BCUT2D eigenvalue weighted by molar-refractivity contribution is 0.480. The SMILES string of the molecule is [2H]C([2H])([2H])c1cnc(-c2cc(Oc3cc(-c4cc(-c5ccc(C)cc5C)c(C)cn4)c4oc5cc(C)cc(C([2H])([2H])[2H])c5c4c3)c(C([2H])([2H])[2H])c(-c3ccc(-c4ccc(-c5ccccc5)cc4)cc3)c2)cc1C([2H])([2H])[2H]. The van der Waals surface area contributed by atoms with Crippen molar-refractivity contribution in [3.8, 4) is 78.5 Å². The first-order valence-corrected chi connectivity index (χ1v) is 21.0. The minimum absolute atomic E-state index is 0.0508. The van der Waals surface area contributed by atoms with Crippen LogP contribution >= 0.6 is 0 Å². The molecule has 0 atom stereocenters. The largest absolute Gasteiger partial charge is 0.457 e. The summed E-state index contributed by atoms with van der Waals surface area (Å²) in [6.45, 7) is -3.23. The van der Waals surface area contributed by atoms with Crippen molar-refractivity contribution in [1.29, 1.82) is 0 Å². The summed E-state index contributed by atoms with van der Waals surface area (Å²) in [5.41, 5.74) is 11.1. The Morgan fingerprint density at radius 3 is 1.83 bits per heavy atom. The lowest BCUT2D eigenvalue weighted by Gasteiger charge is -2.17. The van der Waals surface area contributed by atoms with Crippen molar-refractivity contribution >= 4 is 21.9 Å². The van der Waals surface area contributed by atoms with Crippen LogP contribution < -0.4 is 4.74 Å². The Kier molecular flexibility index (Phi) is 7.36. The van der Waals surface area contributed by atoms with Gasteiger partial charge >= 0.3 is 0 Å². The van der Waals surface area contributed by atoms with E-state index in [-0.39, 0.29) is 39.4 Å². The van der Waals surface area contributed by atoms with Gasteiger partial charge in [-0.15, -0.1) is 0 Å². The first-order chi connectivity index (χ1) is 35.8. The average molecular weight is 843 g/mol. The highest BCUT2D eigenvalue weighted by atomic mass is 16.5. The molecule has 0 bridgehead atoms. The van der Waals surface area contributed by atoms with Crippen LogP contribution in [0, 0.1) is 55.1 Å². The van der Waals surface area contributed by atoms with Crippen LogP contribution in [0.15, 0.2) is 162 Å². The van der Waals surface area contributed by atoms with Gasteiger partial charge in [-0.2, -0.15) is 0 Å². The third-order valence-corrected chi connectivity index (χ3v) is 11.9. The number of fused-ring (bicyclic) bond motifs is 3. The number of hydrogen-bond acceptors (Lipinski definition) is 4. The van der Waals surface area contributed by atoms with Crippen molar-refractivity contribution < 1.29 is 25.6 Å². The number of pyridine rings is 2. The van der Waals surface area contributed by atoms with E-state index >= 15 is 0 Å². The topological polar surface area (TPSA) is 48.2 Å². The molecule has 10 rings (SSSR count). The summed E-state index contributed by atoms with van der Waals surface area (Å²) in [4.78, 5) is 9.37. The molecule has 312 valence electrons. The first kappa shape index (κ1) is 28.9. The molecule has 10 aromatic rings. The van der Waals surface area contributed by atoms with Crippen LogP contribution in [0.2, 0.25) is 0 Å². The molecule has 3 heterocycles. The molecule has 0 aliphatic heterocycles. The lowest BCUT2D eigenvalue weighted by Crippen LogP contribution is -1.96. The maximum absolute atomic E-state index is 9.10. The molecule has 7 aromatic carbocycles. The van der Waals surface area contributed by atoms with Gasteiger partial charge in [-0.3, -0.25) is 9.97 Å². The maximum Gasteiger partial charge on any atom is 0.145 e. The Balaban J connectivity index is 1.20. The predicted molar refractivity (Wildman–Crippen MR) is 266 cm³/mol. The van der Waals surface area contributed by atoms with Crippen LogP contribution in [0.25, 0.3) is 89.0 Å². The van der Waals surface area contributed by atoms with Gasteiger partial charge in [-0.25, -0.2) is 0 Å². The van der Waals surface area contributed by atoms with Gasteiger partial charge in [0, 0.05) is 50.7 Å². The van der Waals surface area contributed by atoms with Crippen molar-refractivity contribution in [3.05, 3.63) is 202 Å². The molecule has 0 saturated heterocycles. The number of ether oxygens (including phenoxy) is 1. The van der Waals surface area contributed by atoms with E-state index in [1.165, 1.54) is 12.1 Å². The van der Waals surface area contributed by atoms with E-state index in [1.54, 1.807) is 55.6 Å². The highest BCUT2D eigenvalue weighted by Gasteiger charge is 2.21. The fraction of sp³-hybridized carbons (Fsp3) is 0.133. The Labute approximate surface area is 392 Å². The zero-order valence-electron chi connectivity index (χ0n) is 47.7. The third kappa shape index (κ3) is 7.56. The fourth-order valence-corrected chi connectivity index (χ4v) is 8.59. The molecule has 0 unspecified atom stereocenters. The molecule has 0 saturated carbocycles. The summed E-state index contributed by atoms with van der Waals surface area (Å²) in [6.07, 6.45) is 2.78. The van der Waals surface area contributed by atoms with Crippen LogP contribution in [-0.2, 0) is 0 Å². The summed E-state index contributed by atoms with van der Waals surface area (Å²) in [5, 5.41) is 0.706. The molecule has 0 amide bonds. The second-order valence-electron chi connectivity index (χ2n) is 16.5. The van der Waals surface area contributed by atoms with E-state index in [1.807, 2.05) is 99.6 Å². The number of furan rings is 1. The second kappa shape index (κ2) is 16.3. The molecule has 0 radical (unpaired) electrons. The zero-order valence-corrected chi connectivity index (χ0v) is 35.7. The van der Waals surface area contributed by atoms with Crippen molar-refractivity contribution in [3.63, 3.8) is 0 Å². The van der Waals surface area contributed by atoms with Crippen molar-refractivity contribution in [2.45, 2.75) is 55.1 Å². The molecule has 0 spiro atoms. The Hall–Kier alpha value is -7.56. The predicted octanol–water partition coefficient (Wildman–Crippen LogP) is 16.6. The number of aryl methyl sites for hydroxylation is 7. The summed E-state index contributed by atoms with van der Waals surface area (Å²) in [7, 11) is 0. The monoisotopic (exact) mass is 842 g/mol. The van der Waals surface area contributed by atoms with E-state index in [9.17, 15) is 0 Å². The molecule has 4 heteroatoms. The number of hydrogen-bond donors (Lipinski definition) is 0. The molecule has 0 aliphatic carbocycles. The number of nitrogens with zero attached hydrogens (tertiary/aromatic N) is 2. The summed E-state index contributed by atoms with van der Waals surface area (Å²) < 4.78 is 116. The van der Waals surface area contributed by atoms with E-state index in [0.717, 1.165) is 56.3 Å².